The van der Waals surface area contributed by atoms with E-state index in [-0.39, 0.29) is 29.7 Å². The highest BCUT2D eigenvalue weighted by atomic mass is 16.4. The molecule has 0 aliphatic heterocycles. The first kappa shape index (κ1) is 24.7. The summed E-state index contributed by atoms with van der Waals surface area (Å²) in [6.07, 6.45) is 9.27. The molecular weight excluding hydrogens is 442 g/mol. The molecule has 0 unspecified atom stereocenters. The van der Waals surface area contributed by atoms with Crippen molar-refractivity contribution in [1.82, 2.24) is 25.8 Å². The molecule has 1 aromatic carbocycles. The minimum atomic E-state index is -0.265. The van der Waals surface area contributed by atoms with E-state index >= 15 is 0 Å². The molecule has 1 fully saturated rings. The molecule has 1 aliphatic carbocycles. The molecule has 2 aromatic heterocycles. The van der Waals surface area contributed by atoms with E-state index in [0.717, 1.165) is 24.0 Å². The van der Waals surface area contributed by atoms with Gasteiger partial charge in [0, 0.05) is 23.2 Å². The van der Waals surface area contributed by atoms with E-state index < -0.39 is 0 Å². The van der Waals surface area contributed by atoms with Crippen LogP contribution in [0.3, 0.4) is 0 Å². The summed E-state index contributed by atoms with van der Waals surface area (Å²) in [5.74, 6) is 0.673. The highest BCUT2D eigenvalue weighted by Gasteiger charge is 2.23. The van der Waals surface area contributed by atoms with Gasteiger partial charge >= 0.3 is 0 Å². The summed E-state index contributed by atoms with van der Waals surface area (Å²) in [6, 6.07) is 9.54. The van der Waals surface area contributed by atoms with E-state index in [1.165, 1.54) is 38.3 Å². The Morgan fingerprint density at radius 1 is 1.06 bits per heavy atom. The van der Waals surface area contributed by atoms with Crippen LogP contribution in [-0.4, -0.2) is 39.1 Å². The van der Waals surface area contributed by atoms with Gasteiger partial charge < -0.3 is 15.1 Å². The van der Waals surface area contributed by atoms with Gasteiger partial charge in [0.1, 0.15) is 5.69 Å². The number of hydrogen-bond acceptors (Lipinski definition) is 5. The molecule has 4 rings (SSSR count). The Balaban J connectivity index is 1.44. The second-order valence-corrected chi connectivity index (χ2v) is 9.42. The third kappa shape index (κ3) is 5.99. The van der Waals surface area contributed by atoms with Crippen LogP contribution < -0.4 is 10.6 Å². The monoisotopic (exact) mass is 477 g/mol. The normalized spacial score (nSPS) is 15.2. The zero-order valence-corrected chi connectivity index (χ0v) is 20.8. The third-order valence-corrected chi connectivity index (χ3v) is 6.99. The Morgan fingerprint density at radius 3 is 2.54 bits per heavy atom. The van der Waals surface area contributed by atoms with E-state index in [1.807, 2.05) is 38.1 Å². The summed E-state index contributed by atoms with van der Waals surface area (Å²) in [5.41, 5.74) is 2.63. The number of carbonyl (C=O) groups is 2. The van der Waals surface area contributed by atoms with Gasteiger partial charge in [-0.3, -0.25) is 14.7 Å². The van der Waals surface area contributed by atoms with Crippen molar-refractivity contribution < 1.29 is 14.0 Å². The largest absolute Gasteiger partial charge is 0.431 e. The Kier molecular flexibility index (Phi) is 8.00. The van der Waals surface area contributed by atoms with Crippen molar-refractivity contribution in [3.63, 3.8) is 0 Å². The third-order valence-electron chi connectivity index (χ3n) is 6.99. The summed E-state index contributed by atoms with van der Waals surface area (Å²) in [5, 5.41) is 13.3. The summed E-state index contributed by atoms with van der Waals surface area (Å²) in [7, 11) is 0. The van der Waals surface area contributed by atoms with Crippen LogP contribution in [0.25, 0.3) is 22.7 Å². The maximum absolute atomic E-state index is 12.8. The molecule has 0 saturated heterocycles. The Hall–Kier alpha value is -3.42. The number of aromatic nitrogens is 3. The Bertz CT molecular complexity index is 1140. The summed E-state index contributed by atoms with van der Waals surface area (Å²) < 4.78 is 5.74. The van der Waals surface area contributed by atoms with E-state index in [2.05, 4.69) is 32.7 Å². The number of nitrogens with zero attached hydrogens (tertiary/aromatic N) is 2. The zero-order valence-electron chi connectivity index (χ0n) is 20.8. The summed E-state index contributed by atoms with van der Waals surface area (Å²) in [4.78, 5) is 29.5. The van der Waals surface area contributed by atoms with Gasteiger partial charge in [-0.05, 0) is 56.7 Å². The fourth-order valence-corrected chi connectivity index (χ4v) is 4.70. The van der Waals surface area contributed by atoms with Crippen molar-refractivity contribution in [2.75, 3.05) is 0 Å². The van der Waals surface area contributed by atoms with Crippen LogP contribution in [-0.2, 0) is 0 Å². The van der Waals surface area contributed by atoms with Gasteiger partial charge in [-0.15, -0.1) is 0 Å². The van der Waals surface area contributed by atoms with Crippen LogP contribution in [0.15, 0.2) is 40.9 Å². The molecule has 2 amide bonds. The van der Waals surface area contributed by atoms with Crippen molar-refractivity contribution in [2.45, 2.75) is 77.8 Å². The number of oxazole rings is 1. The fourth-order valence-electron chi connectivity index (χ4n) is 4.70. The number of hydrogen-bond donors (Lipinski definition) is 3. The molecule has 8 nitrogen and oxygen atoms in total. The first-order valence-electron chi connectivity index (χ1n) is 12.7. The van der Waals surface area contributed by atoms with Crippen LogP contribution in [0.1, 0.15) is 86.8 Å². The number of amides is 2. The van der Waals surface area contributed by atoms with Crippen molar-refractivity contribution >= 4 is 11.8 Å². The van der Waals surface area contributed by atoms with Crippen molar-refractivity contribution in [1.29, 1.82) is 0 Å². The quantitative estimate of drug-likeness (QED) is 0.385. The smallest absolute Gasteiger partial charge is 0.288 e. The predicted octanol–water partition coefficient (Wildman–Crippen LogP) is 5.35. The van der Waals surface area contributed by atoms with E-state index in [1.54, 1.807) is 6.07 Å². The maximum atomic E-state index is 12.8. The molecular formula is C27H35N5O3. The van der Waals surface area contributed by atoms with Gasteiger partial charge in [-0.1, -0.05) is 45.2 Å². The molecule has 0 spiro atoms. The molecule has 3 N–H and O–H groups in total. The summed E-state index contributed by atoms with van der Waals surface area (Å²) in [6.45, 7) is 6.16. The highest BCUT2D eigenvalue weighted by molar-refractivity contribution is 5.93. The molecule has 35 heavy (non-hydrogen) atoms. The molecule has 1 atom stereocenters. The van der Waals surface area contributed by atoms with Crippen LogP contribution in [0.5, 0.6) is 0 Å². The minimum Gasteiger partial charge on any atom is -0.431 e. The number of carbonyl (C=O) groups excluding carboxylic acids is 2. The molecule has 1 aliphatic rings. The van der Waals surface area contributed by atoms with E-state index in [0.29, 0.717) is 23.2 Å². The van der Waals surface area contributed by atoms with Gasteiger partial charge in [0.15, 0.2) is 0 Å². The predicted molar refractivity (Wildman–Crippen MR) is 135 cm³/mol. The lowest BCUT2D eigenvalue weighted by atomic mass is 9.84. The van der Waals surface area contributed by atoms with Crippen LogP contribution in [0.4, 0.5) is 0 Å². The molecule has 186 valence electrons. The Labute approximate surface area is 206 Å². The maximum Gasteiger partial charge on any atom is 0.288 e. The number of aromatic amines is 1. The number of nitrogens with one attached hydrogen (secondary N) is 3. The van der Waals surface area contributed by atoms with Gasteiger partial charge in [0.25, 0.3) is 11.8 Å². The van der Waals surface area contributed by atoms with Crippen LogP contribution >= 0.6 is 0 Å². The second-order valence-electron chi connectivity index (χ2n) is 9.42. The van der Waals surface area contributed by atoms with Crippen molar-refractivity contribution in [3.05, 3.63) is 48.0 Å². The molecule has 2 heterocycles. The van der Waals surface area contributed by atoms with E-state index in [9.17, 15) is 9.59 Å². The zero-order chi connectivity index (χ0) is 24.8. The lowest BCUT2D eigenvalue weighted by Crippen LogP contribution is -2.39. The topological polar surface area (TPSA) is 113 Å². The molecule has 3 aromatic rings. The molecule has 8 heteroatoms. The van der Waals surface area contributed by atoms with Gasteiger partial charge in [0.2, 0.25) is 11.7 Å². The molecule has 0 radical (unpaired) electrons. The number of rotatable bonds is 9. The van der Waals surface area contributed by atoms with Crippen LogP contribution in [0.2, 0.25) is 0 Å². The van der Waals surface area contributed by atoms with Gasteiger partial charge in [0.05, 0.1) is 11.9 Å². The molecule has 1 saturated carbocycles. The van der Waals surface area contributed by atoms with Crippen molar-refractivity contribution in [2.24, 2.45) is 5.92 Å². The standard InChI is InChI=1S/C27H35N5O3/c1-4-21(5-2)30-26(34)24-16-28-27(35-24)20-13-9-12-19(14-20)22-15-23(32-31-22)25(33)29-17(3)18-10-7-6-8-11-18/h9,12-18,21H,4-8,10-11H2,1-3H3,(H,29,33)(H,30,34)(H,31,32)/t17-/m1/s1. The Morgan fingerprint density at radius 2 is 1.80 bits per heavy atom. The van der Waals surface area contributed by atoms with E-state index in [4.69, 9.17) is 4.42 Å². The summed E-state index contributed by atoms with van der Waals surface area (Å²) >= 11 is 0. The second kappa shape index (κ2) is 11.3. The molecule has 0 bridgehead atoms. The SMILES string of the molecule is CCC(CC)NC(=O)c1cnc(-c2cccc(-c3cc(C(=O)N[C@H](C)C4CCCCC4)[nH]n3)c2)o1. The lowest BCUT2D eigenvalue weighted by Gasteiger charge is -2.28. The van der Waals surface area contributed by atoms with Crippen LogP contribution in [0, 0.1) is 5.92 Å². The van der Waals surface area contributed by atoms with Crippen molar-refractivity contribution in [3.8, 4) is 22.7 Å². The first-order chi connectivity index (χ1) is 17.0. The fraction of sp³-hybridized carbons (Fsp3) is 0.481. The van der Waals surface area contributed by atoms with Gasteiger partial charge in [-0.2, -0.15) is 5.10 Å². The minimum absolute atomic E-state index is 0.107. The average molecular weight is 478 g/mol. The average Bonchev–Trinajstić information content (AvgIpc) is 3.58. The number of benzene rings is 1. The number of H-pyrrole nitrogens is 1. The highest BCUT2D eigenvalue weighted by Crippen LogP contribution is 2.27. The van der Waals surface area contributed by atoms with Gasteiger partial charge in [-0.25, -0.2) is 4.98 Å². The first-order valence-corrected chi connectivity index (χ1v) is 12.7. The lowest BCUT2D eigenvalue weighted by molar-refractivity contribution is 0.0902.